The third kappa shape index (κ3) is 1.88. The van der Waals surface area contributed by atoms with E-state index in [2.05, 4.69) is 4.74 Å². The molecule has 4 heteroatoms. The van der Waals surface area contributed by atoms with Crippen molar-refractivity contribution in [1.29, 1.82) is 5.26 Å². The SMILES string of the molecule is CCC(CC)(OC#N)C(=O)OC. The quantitative estimate of drug-likeness (QED) is 0.471. The summed E-state index contributed by atoms with van der Waals surface area (Å²) in [6, 6.07) is 0. The van der Waals surface area contributed by atoms with Gasteiger partial charge in [-0.05, 0) is 12.8 Å². The summed E-state index contributed by atoms with van der Waals surface area (Å²) >= 11 is 0. The summed E-state index contributed by atoms with van der Waals surface area (Å²) in [4.78, 5) is 11.2. The van der Waals surface area contributed by atoms with Gasteiger partial charge in [0.25, 0.3) is 6.26 Å². The smallest absolute Gasteiger partial charge is 0.351 e. The van der Waals surface area contributed by atoms with E-state index in [1.165, 1.54) is 13.4 Å². The first-order valence-electron chi connectivity index (χ1n) is 3.82. The summed E-state index contributed by atoms with van der Waals surface area (Å²) in [5.41, 5.74) is -1.08. The summed E-state index contributed by atoms with van der Waals surface area (Å²) in [7, 11) is 1.28. The molecule has 0 fully saturated rings. The first-order valence-corrected chi connectivity index (χ1v) is 3.82. The lowest BCUT2D eigenvalue weighted by Gasteiger charge is -2.24. The summed E-state index contributed by atoms with van der Waals surface area (Å²) in [5, 5.41) is 8.33. The first kappa shape index (κ1) is 10.8. The van der Waals surface area contributed by atoms with Crippen molar-refractivity contribution in [3.8, 4) is 6.26 Å². The Kier molecular flexibility index (Phi) is 4.12. The van der Waals surface area contributed by atoms with Gasteiger partial charge < -0.3 is 9.47 Å². The monoisotopic (exact) mass is 171 g/mol. The third-order valence-electron chi connectivity index (χ3n) is 1.94. The minimum Gasteiger partial charge on any atom is -0.466 e. The molecular weight excluding hydrogens is 158 g/mol. The Morgan fingerprint density at radius 1 is 1.50 bits per heavy atom. The zero-order valence-corrected chi connectivity index (χ0v) is 7.59. The molecule has 12 heavy (non-hydrogen) atoms. The molecule has 0 radical (unpaired) electrons. The van der Waals surface area contributed by atoms with E-state index in [4.69, 9.17) is 10.00 Å². The van der Waals surface area contributed by atoms with E-state index in [0.29, 0.717) is 12.8 Å². The maximum absolute atomic E-state index is 11.2. The molecule has 0 rings (SSSR count). The fourth-order valence-electron chi connectivity index (χ4n) is 0.998. The fourth-order valence-corrected chi connectivity index (χ4v) is 0.998. The molecule has 68 valence electrons. The van der Waals surface area contributed by atoms with Gasteiger partial charge in [0.15, 0.2) is 0 Å². The number of carbonyl (C=O) groups is 1. The van der Waals surface area contributed by atoms with Crippen molar-refractivity contribution in [3.63, 3.8) is 0 Å². The highest BCUT2D eigenvalue weighted by atomic mass is 16.6. The topological polar surface area (TPSA) is 59.3 Å². The van der Waals surface area contributed by atoms with Gasteiger partial charge in [-0.3, -0.25) is 0 Å². The van der Waals surface area contributed by atoms with E-state index in [0.717, 1.165) is 0 Å². The molecule has 0 unspecified atom stereocenters. The highest BCUT2D eigenvalue weighted by Crippen LogP contribution is 2.21. The second-order valence-electron chi connectivity index (χ2n) is 2.39. The lowest BCUT2D eigenvalue weighted by Crippen LogP contribution is -2.40. The number of methoxy groups -OCH3 is 1. The van der Waals surface area contributed by atoms with Crippen LogP contribution < -0.4 is 0 Å². The molecule has 0 aliphatic rings. The third-order valence-corrected chi connectivity index (χ3v) is 1.94. The standard InChI is InChI=1S/C8H13NO3/c1-4-8(5-2,12-6-9)7(10)11-3/h4-5H2,1-3H3. The highest BCUT2D eigenvalue weighted by Gasteiger charge is 2.38. The molecule has 0 aromatic carbocycles. The van der Waals surface area contributed by atoms with Crippen molar-refractivity contribution < 1.29 is 14.3 Å². The van der Waals surface area contributed by atoms with Crippen LogP contribution in [-0.4, -0.2) is 18.7 Å². The Hall–Kier alpha value is -1.24. The van der Waals surface area contributed by atoms with E-state index in [9.17, 15) is 4.79 Å². The highest BCUT2D eigenvalue weighted by molar-refractivity contribution is 5.79. The van der Waals surface area contributed by atoms with Crippen LogP contribution in [0.4, 0.5) is 0 Å². The summed E-state index contributed by atoms with van der Waals surface area (Å²) in [6.07, 6.45) is 2.39. The molecule has 0 aromatic rings. The Balaban J connectivity index is 4.58. The van der Waals surface area contributed by atoms with Crippen LogP contribution in [-0.2, 0) is 14.3 Å². The van der Waals surface area contributed by atoms with Gasteiger partial charge in [-0.2, -0.15) is 5.26 Å². The Morgan fingerprint density at radius 2 is 2.00 bits per heavy atom. The average molecular weight is 171 g/mol. The zero-order valence-electron chi connectivity index (χ0n) is 7.59. The van der Waals surface area contributed by atoms with E-state index >= 15 is 0 Å². The molecule has 0 bridgehead atoms. The molecule has 0 amide bonds. The number of esters is 1. The number of nitriles is 1. The molecule has 0 heterocycles. The molecule has 0 spiro atoms. The van der Waals surface area contributed by atoms with Gasteiger partial charge in [-0.25, -0.2) is 4.79 Å². The van der Waals surface area contributed by atoms with Crippen LogP contribution in [0.1, 0.15) is 26.7 Å². The second kappa shape index (κ2) is 4.60. The van der Waals surface area contributed by atoms with Crippen molar-refractivity contribution in [2.24, 2.45) is 0 Å². The van der Waals surface area contributed by atoms with Crippen LogP contribution >= 0.6 is 0 Å². The van der Waals surface area contributed by atoms with Crippen molar-refractivity contribution in [2.45, 2.75) is 32.3 Å². The molecule has 0 aliphatic carbocycles. The fraction of sp³-hybridized carbons (Fsp3) is 0.750. The number of hydrogen-bond donors (Lipinski definition) is 0. The lowest BCUT2D eigenvalue weighted by molar-refractivity contribution is -0.162. The van der Waals surface area contributed by atoms with Crippen LogP contribution in [0.25, 0.3) is 0 Å². The number of carbonyl (C=O) groups excluding carboxylic acids is 1. The number of rotatable bonds is 4. The minimum atomic E-state index is -1.08. The normalized spacial score (nSPS) is 10.2. The molecule has 4 nitrogen and oxygen atoms in total. The second-order valence-corrected chi connectivity index (χ2v) is 2.39. The van der Waals surface area contributed by atoms with Crippen LogP contribution in [0.15, 0.2) is 0 Å². The van der Waals surface area contributed by atoms with Gasteiger partial charge in [0.2, 0.25) is 5.60 Å². The minimum absolute atomic E-state index is 0.434. The van der Waals surface area contributed by atoms with Crippen molar-refractivity contribution >= 4 is 5.97 Å². The lowest BCUT2D eigenvalue weighted by atomic mass is 9.97. The zero-order chi connectivity index (χ0) is 9.61. The molecule has 0 saturated carbocycles. The van der Waals surface area contributed by atoms with Gasteiger partial charge in [0.05, 0.1) is 7.11 Å². The maximum Gasteiger partial charge on any atom is 0.351 e. The van der Waals surface area contributed by atoms with E-state index in [1.807, 2.05) is 0 Å². The van der Waals surface area contributed by atoms with Crippen molar-refractivity contribution in [2.75, 3.05) is 7.11 Å². The molecule has 0 saturated heterocycles. The van der Waals surface area contributed by atoms with Crippen molar-refractivity contribution in [3.05, 3.63) is 0 Å². The van der Waals surface area contributed by atoms with Crippen LogP contribution in [0.2, 0.25) is 0 Å². The average Bonchev–Trinajstić information content (AvgIpc) is 2.13. The summed E-state index contributed by atoms with van der Waals surface area (Å²) < 4.78 is 9.25. The molecule has 0 N–H and O–H groups in total. The van der Waals surface area contributed by atoms with E-state index in [1.54, 1.807) is 13.8 Å². The summed E-state index contributed by atoms with van der Waals surface area (Å²) in [6.45, 7) is 3.55. The predicted octanol–water partition coefficient (Wildman–Crippen LogP) is 1.22. The van der Waals surface area contributed by atoms with Crippen molar-refractivity contribution in [1.82, 2.24) is 0 Å². The Labute approximate surface area is 72.1 Å². The Bertz CT molecular complexity index is 191. The number of nitrogens with zero attached hydrogens (tertiary/aromatic N) is 1. The molecule has 0 aromatic heterocycles. The predicted molar refractivity (Wildman–Crippen MR) is 42.0 cm³/mol. The number of hydrogen-bond acceptors (Lipinski definition) is 4. The van der Waals surface area contributed by atoms with Gasteiger partial charge in [0.1, 0.15) is 0 Å². The van der Waals surface area contributed by atoms with Gasteiger partial charge in [-0.1, -0.05) is 13.8 Å². The molecule has 0 aliphatic heterocycles. The largest absolute Gasteiger partial charge is 0.466 e. The van der Waals surface area contributed by atoms with Crippen LogP contribution in [0, 0.1) is 11.5 Å². The van der Waals surface area contributed by atoms with Gasteiger partial charge in [0, 0.05) is 0 Å². The van der Waals surface area contributed by atoms with E-state index in [-0.39, 0.29) is 0 Å². The summed E-state index contributed by atoms with van der Waals surface area (Å²) in [5.74, 6) is -0.492. The van der Waals surface area contributed by atoms with E-state index < -0.39 is 11.6 Å². The maximum atomic E-state index is 11.2. The van der Waals surface area contributed by atoms with Crippen LogP contribution in [0.5, 0.6) is 0 Å². The van der Waals surface area contributed by atoms with Crippen LogP contribution in [0.3, 0.4) is 0 Å². The van der Waals surface area contributed by atoms with Gasteiger partial charge >= 0.3 is 5.97 Å². The first-order chi connectivity index (χ1) is 5.66. The number of ether oxygens (including phenoxy) is 2. The molecular formula is C8H13NO3. The molecule has 0 atom stereocenters. The Morgan fingerprint density at radius 3 is 2.25 bits per heavy atom. The van der Waals surface area contributed by atoms with Gasteiger partial charge in [-0.15, -0.1) is 0 Å².